The SMILES string of the molecule is CCC(=O)OCCC1CCCC1c1ccc(N)cc1. The molecule has 0 radical (unpaired) electrons. The third kappa shape index (κ3) is 3.72. The number of anilines is 1. The van der Waals surface area contributed by atoms with Crippen molar-refractivity contribution in [2.24, 2.45) is 5.92 Å². The molecule has 0 heterocycles. The highest BCUT2D eigenvalue weighted by molar-refractivity contribution is 5.68. The summed E-state index contributed by atoms with van der Waals surface area (Å²) in [5.41, 5.74) is 7.92. The maximum absolute atomic E-state index is 11.1. The van der Waals surface area contributed by atoms with Crippen LogP contribution >= 0.6 is 0 Å². The Labute approximate surface area is 115 Å². The van der Waals surface area contributed by atoms with Crippen LogP contribution in [0.25, 0.3) is 0 Å². The Morgan fingerprint density at radius 1 is 1.32 bits per heavy atom. The Morgan fingerprint density at radius 3 is 2.74 bits per heavy atom. The maximum Gasteiger partial charge on any atom is 0.305 e. The molecule has 2 N–H and O–H groups in total. The summed E-state index contributed by atoms with van der Waals surface area (Å²) in [7, 11) is 0. The molecule has 3 nitrogen and oxygen atoms in total. The number of nitrogen functional groups attached to an aromatic ring is 1. The van der Waals surface area contributed by atoms with E-state index in [4.69, 9.17) is 10.5 Å². The summed E-state index contributed by atoms with van der Waals surface area (Å²) in [5, 5.41) is 0. The molecule has 0 spiro atoms. The first kappa shape index (κ1) is 13.9. The Kier molecular flexibility index (Phi) is 4.83. The highest BCUT2D eigenvalue weighted by atomic mass is 16.5. The van der Waals surface area contributed by atoms with Gasteiger partial charge in [-0.15, -0.1) is 0 Å². The lowest BCUT2D eigenvalue weighted by atomic mass is 9.87. The second kappa shape index (κ2) is 6.60. The zero-order valence-corrected chi connectivity index (χ0v) is 11.6. The minimum atomic E-state index is -0.0953. The second-order valence-electron chi connectivity index (χ2n) is 5.33. The molecule has 1 aromatic rings. The number of benzene rings is 1. The molecule has 0 aliphatic heterocycles. The molecule has 19 heavy (non-hydrogen) atoms. The lowest BCUT2D eigenvalue weighted by Gasteiger charge is -2.20. The Hall–Kier alpha value is -1.51. The van der Waals surface area contributed by atoms with Gasteiger partial charge >= 0.3 is 5.97 Å². The van der Waals surface area contributed by atoms with Crippen molar-refractivity contribution in [3.63, 3.8) is 0 Å². The minimum Gasteiger partial charge on any atom is -0.466 e. The van der Waals surface area contributed by atoms with E-state index in [1.807, 2.05) is 19.1 Å². The van der Waals surface area contributed by atoms with Gasteiger partial charge in [0, 0.05) is 12.1 Å². The monoisotopic (exact) mass is 261 g/mol. The van der Waals surface area contributed by atoms with Crippen LogP contribution in [0.4, 0.5) is 5.69 Å². The summed E-state index contributed by atoms with van der Waals surface area (Å²) in [4.78, 5) is 11.1. The largest absolute Gasteiger partial charge is 0.466 e. The molecule has 1 aliphatic carbocycles. The topological polar surface area (TPSA) is 52.3 Å². The standard InChI is InChI=1S/C16H23NO2/c1-2-16(18)19-11-10-12-4-3-5-15(12)13-6-8-14(17)9-7-13/h6-9,12,15H,2-5,10-11,17H2,1H3. The van der Waals surface area contributed by atoms with Crippen LogP contribution in [-0.4, -0.2) is 12.6 Å². The molecule has 3 heteroatoms. The van der Waals surface area contributed by atoms with Crippen molar-refractivity contribution in [2.45, 2.75) is 44.9 Å². The fourth-order valence-corrected chi connectivity index (χ4v) is 2.99. The molecule has 1 fully saturated rings. The van der Waals surface area contributed by atoms with Gasteiger partial charge in [0.05, 0.1) is 6.61 Å². The summed E-state index contributed by atoms with van der Waals surface area (Å²) in [6.07, 6.45) is 5.17. The van der Waals surface area contributed by atoms with Gasteiger partial charge in [0.25, 0.3) is 0 Å². The van der Waals surface area contributed by atoms with Gasteiger partial charge in [-0.05, 0) is 48.8 Å². The van der Waals surface area contributed by atoms with Gasteiger partial charge in [-0.3, -0.25) is 4.79 Å². The molecule has 0 saturated heterocycles. The van der Waals surface area contributed by atoms with E-state index in [2.05, 4.69) is 12.1 Å². The number of carbonyl (C=O) groups is 1. The molecule has 1 saturated carbocycles. The maximum atomic E-state index is 11.1. The van der Waals surface area contributed by atoms with E-state index in [1.165, 1.54) is 24.8 Å². The van der Waals surface area contributed by atoms with Gasteiger partial charge in [-0.25, -0.2) is 0 Å². The molecule has 104 valence electrons. The van der Waals surface area contributed by atoms with Crippen LogP contribution in [0.15, 0.2) is 24.3 Å². The van der Waals surface area contributed by atoms with Crippen LogP contribution in [-0.2, 0) is 9.53 Å². The number of nitrogens with two attached hydrogens (primary N) is 1. The summed E-state index contributed by atoms with van der Waals surface area (Å²) >= 11 is 0. The molecule has 2 unspecified atom stereocenters. The number of ether oxygens (including phenoxy) is 1. The number of carbonyl (C=O) groups excluding carboxylic acids is 1. The van der Waals surface area contributed by atoms with Crippen LogP contribution in [0, 0.1) is 5.92 Å². The quantitative estimate of drug-likeness (QED) is 0.652. The van der Waals surface area contributed by atoms with Crippen LogP contribution in [0.2, 0.25) is 0 Å². The van der Waals surface area contributed by atoms with Crippen molar-refractivity contribution in [3.05, 3.63) is 29.8 Å². The zero-order valence-electron chi connectivity index (χ0n) is 11.6. The van der Waals surface area contributed by atoms with Crippen LogP contribution in [0.1, 0.15) is 50.5 Å². The first-order chi connectivity index (χ1) is 9.20. The molecule has 2 atom stereocenters. The van der Waals surface area contributed by atoms with Gasteiger partial charge < -0.3 is 10.5 Å². The first-order valence-electron chi connectivity index (χ1n) is 7.21. The van der Waals surface area contributed by atoms with Crippen molar-refractivity contribution in [3.8, 4) is 0 Å². The molecular formula is C16H23NO2. The number of rotatable bonds is 5. The zero-order chi connectivity index (χ0) is 13.7. The van der Waals surface area contributed by atoms with E-state index < -0.39 is 0 Å². The molecule has 2 rings (SSSR count). The molecule has 0 bridgehead atoms. The smallest absolute Gasteiger partial charge is 0.305 e. The van der Waals surface area contributed by atoms with Gasteiger partial charge in [0.1, 0.15) is 0 Å². The van der Waals surface area contributed by atoms with E-state index >= 15 is 0 Å². The summed E-state index contributed by atoms with van der Waals surface area (Å²) in [6.45, 7) is 2.39. The molecule has 1 aromatic carbocycles. The van der Waals surface area contributed by atoms with Gasteiger partial charge in [-0.2, -0.15) is 0 Å². The summed E-state index contributed by atoms with van der Waals surface area (Å²) in [5.74, 6) is 1.14. The minimum absolute atomic E-state index is 0.0953. The fourth-order valence-electron chi connectivity index (χ4n) is 2.99. The number of esters is 1. The second-order valence-corrected chi connectivity index (χ2v) is 5.33. The molecule has 1 aliphatic rings. The Balaban J connectivity index is 1.89. The third-order valence-corrected chi connectivity index (χ3v) is 4.06. The van der Waals surface area contributed by atoms with Crippen LogP contribution in [0.5, 0.6) is 0 Å². The van der Waals surface area contributed by atoms with E-state index in [1.54, 1.807) is 0 Å². The predicted molar refractivity (Wildman–Crippen MR) is 76.8 cm³/mol. The van der Waals surface area contributed by atoms with Crippen molar-refractivity contribution in [2.75, 3.05) is 12.3 Å². The number of hydrogen-bond acceptors (Lipinski definition) is 3. The fraction of sp³-hybridized carbons (Fsp3) is 0.562. The van der Waals surface area contributed by atoms with Gasteiger partial charge in [-0.1, -0.05) is 25.5 Å². The van der Waals surface area contributed by atoms with Crippen LogP contribution < -0.4 is 5.73 Å². The third-order valence-electron chi connectivity index (χ3n) is 4.06. The van der Waals surface area contributed by atoms with E-state index in [0.29, 0.717) is 24.9 Å². The molecule has 0 amide bonds. The van der Waals surface area contributed by atoms with Crippen molar-refractivity contribution in [1.29, 1.82) is 0 Å². The van der Waals surface area contributed by atoms with Gasteiger partial charge in [0.15, 0.2) is 0 Å². The molecule has 0 aromatic heterocycles. The van der Waals surface area contributed by atoms with Crippen LogP contribution in [0.3, 0.4) is 0 Å². The van der Waals surface area contributed by atoms with Crippen molar-refractivity contribution >= 4 is 11.7 Å². The lowest BCUT2D eigenvalue weighted by molar-refractivity contribution is -0.143. The highest BCUT2D eigenvalue weighted by Crippen LogP contribution is 2.41. The normalized spacial score (nSPS) is 22.4. The van der Waals surface area contributed by atoms with E-state index in [9.17, 15) is 4.79 Å². The highest BCUT2D eigenvalue weighted by Gasteiger charge is 2.28. The number of hydrogen-bond donors (Lipinski definition) is 1. The Bertz CT molecular complexity index is 413. The molecular weight excluding hydrogens is 238 g/mol. The summed E-state index contributed by atoms with van der Waals surface area (Å²) < 4.78 is 5.20. The van der Waals surface area contributed by atoms with E-state index in [-0.39, 0.29) is 5.97 Å². The first-order valence-corrected chi connectivity index (χ1v) is 7.21. The summed E-state index contributed by atoms with van der Waals surface area (Å²) in [6, 6.07) is 8.22. The van der Waals surface area contributed by atoms with Crippen molar-refractivity contribution in [1.82, 2.24) is 0 Å². The van der Waals surface area contributed by atoms with Gasteiger partial charge in [0.2, 0.25) is 0 Å². The average Bonchev–Trinajstić information content (AvgIpc) is 2.88. The van der Waals surface area contributed by atoms with E-state index in [0.717, 1.165) is 12.1 Å². The lowest BCUT2D eigenvalue weighted by Crippen LogP contribution is -2.12. The Morgan fingerprint density at radius 2 is 2.05 bits per heavy atom. The van der Waals surface area contributed by atoms with Crippen molar-refractivity contribution < 1.29 is 9.53 Å². The predicted octanol–water partition coefficient (Wildman–Crippen LogP) is 3.50. The average molecular weight is 261 g/mol.